The molecule has 0 heterocycles. The van der Waals surface area contributed by atoms with E-state index in [4.69, 9.17) is 4.74 Å². The second kappa shape index (κ2) is 6.88. The highest BCUT2D eigenvalue weighted by atomic mass is 16.5. The first-order valence-electron chi connectivity index (χ1n) is 9.12. The van der Waals surface area contributed by atoms with E-state index in [2.05, 4.69) is 30.4 Å². The molecule has 4 heteroatoms. The Kier molecular flexibility index (Phi) is 4.40. The Morgan fingerprint density at radius 2 is 1.81 bits per heavy atom. The number of esters is 1. The Morgan fingerprint density at radius 1 is 1.04 bits per heavy atom. The van der Waals surface area contributed by atoms with Gasteiger partial charge in [0.05, 0.1) is 5.56 Å². The number of amides is 1. The van der Waals surface area contributed by atoms with Crippen LogP contribution in [-0.2, 0) is 17.6 Å². The molecule has 136 valence electrons. The van der Waals surface area contributed by atoms with E-state index < -0.39 is 0 Å². The summed E-state index contributed by atoms with van der Waals surface area (Å²) in [4.78, 5) is 24.3. The van der Waals surface area contributed by atoms with Crippen LogP contribution in [-0.4, -0.2) is 18.4 Å². The van der Waals surface area contributed by atoms with E-state index in [1.807, 2.05) is 24.3 Å². The summed E-state index contributed by atoms with van der Waals surface area (Å²) in [7, 11) is 0. The lowest BCUT2D eigenvalue weighted by Crippen LogP contribution is -2.26. The third-order valence-electron chi connectivity index (χ3n) is 4.96. The zero-order chi connectivity index (χ0) is 19.0. The van der Waals surface area contributed by atoms with Gasteiger partial charge in [0.1, 0.15) is 5.75 Å². The van der Waals surface area contributed by atoms with Gasteiger partial charge < -0.3 is 10.1 Å². The highest BCUT2D eigenvalue weighted by Gasteiger charge is 2.24. The summed E-state index contributed by atoms with van der Waals surface area (Å²) < 4.78 is 5.37. The molecule has 0 aromatic heterocycles. The number of aryl methyl sites for hydroxylation is 1. The van der Waals surface area contributed by atoms with Crippen molar-refractivity contribution in [3.05, 3.63) is 76.3 Å². The first-order chi connectivity index (χ1) is 13.0. The Labute approximate surface area is 158 Å². The molecule has 3 aromatic carbocycles. The number of hydrogen-bond donors (Lipinski definition) is 1. The summed E-state index contributed by atoms with van der Waals surface area (Å²) in [5.41, 5.74) is 5.33. The van der Waals surface area contributed by atoms with Crippen molar-refractivity contribution in [3.8, 4) is 5.75 Å². The van der Waals surface area contributed by atoms with Gasteiger partial charge in [-0.1, -0.05) is 42.0 Å². The third-order valence-corrected chi connectivity index (χ3v) is 4.96. The van der Waals surface area contributed by atoms with Gasteiger partial charge in [0.25, 0.3) is 5.91 Å². The van der Waals surface area contributed by atoms with Crippen molar-refractivity contribution in [2.45, 2.75) is 26.7 Å². The topological polar surface area (TPSA) is 55.4 Å². The average molecular weight is 359 g/mol. The van der Waals surface area contributed by atoms with Gasteiger partial charge in [-0.2, -0.15) is 0 Å². The Balaban J connectivity index is 1.59. The second-order valence-corrected chi connectivity index (χ2v) is 7.01. The van der Waals surface area contributed by atoms with Crippen molar-refractivity contribution >= 4 is 22.6 Å². The largest absolute Gasteiger partial charge is 0.426 e. The van der Waals surface area contributed by atoms with Crippen LogP contribution < -0.4 is 10.1 Å². The predicted molar refractivity (Wildman–Crippen MR) is 105 cm³/mol. The predicted octanol–water partition coefficient (Wildman–Crippen LogP) is 3.95. The Hall–Kier alpha value is -3.14. The number of carbonyl (C=O) groups excluding carboxylic acids is 2. The fourth-order valence-corrected chi connectivity index (χ4v) is 3.72. The summed E-state index contributed by atoms with van der Waals surface area (Å²) in [6, 6.07) is 15.8. The van der Waals surface area contributed by atoms with Crippen molar-refractivity contribution in [1.29, 1.82) is 0 Å². The number of nitrogens with one attached hydrogen (secondary N) is 1. The molecule has 1 aliphatic carbocycles. The van der Waals surface area contributed by atoms with Gasteiger partial charge in [-0.15, -0.1) is 0 Å². The summed E-state index contributed by atoms with van der Waals surface area (Å²) >= 11 is 0. The van der Waals surface area contributed by atoms with Crippen LogP contribution in [0.5, 0.6) is 5.75 Å². The highest BCUT2D eigenvalue weighted by molar-refractivity contribution is 6.13. The molecule has 0 unspecified atom stereocenters. The normalized spacial score (nSPS) is 11.8. The van der Waals surface area contributed by atoms with Crippen LogP contribution in [0, 0.1) is 6.92 Å². The summed E-state index contributed by atoms with van der Waals surface area (Å²) in [5.74, 6) is -0.0841. The molecule has 0 saturated carbocycles. The molecule has 0 fully saturated rings. The molecule has 0 spiro atoms. The first kappa shape index (κ1) is 17.3. The van der Waals surface area contributed by atoms with E-state index in [0.29, 0.717) is 17.9 Å². The lowest BCUT2D eigenvalue weighted by atomic mass is 9.82. The molecule has 27 heavy (non-hydrogen) atoms. The summed E-state index contributed by atoms with van der Waals surface area (Å²) in [5, 5.41) is 4.78. The summed E-state index contributed by atoms with van der Waals surface area (Å²) in [6.07, 6.45) is 1.66. The van der Waals surface area contributed by atoms with Gasteiger partial charge in [-0.3, -0.25) is 9.59 Å². The van der Waals surface area contributed by atoms with Crippen molar-refractivity contribution in [2.75, 3.05) is 6.54 Å². The molecular formula is C23H21NO3. The van der Waals surface area contributed by atoms with Gasteiger partial charge in [0.2, 0.25) is 0 Å². The highest BCUT2D eigenvalue weighted by Crippen LogP contribution is 2.41. The van der Waals surface area contributed by atoms with Crippen LogP contribution >= 0.6 is 0 Å². The molecule has 0 saturated heterocycles. The fourth-order valence-electron chi connectivity index (χ4n) is 3.72. The minimum absolute atomic E-state index is 0.147. The quantitative estimate of drug-likeness (QED) is 0.434. The van der Waals surface area contributed by atoms with Gasteiger partial charge in [0.15, 0.2) is 0 Å². The van der Waals surface area contributed by atoms with Crippen molar-refractivity contribution in [3.63, 3.8) is 0 Å². The molecule has 4 nitrogen and oxygen atoms in total. The standard InChI is InChI=1S/C23H21NO3/c1-14-4-3-5-16(12-14)10-11-24-23(26)19-8-6-17-13-18-7-9-20(27-15(2)25)22(19)21(17)18/h3-9,12H,10-11,13H2,1-2H3,(H,24,26). The second-order valence-electron chi connectivity index (χ2n) is 7.01. The minimum Gasteiger partial charge on any atom is -0.426 e. The maximum Gasteiger partial charge on any atom is 0.308 e. The molecule has 1 aliphatic rings. The molecule has 1 N–H and O–H groups in total. The number of hydrogen-bond acceptors (Lipinski definition) is 3. The molecule has 4 rings (SSSR count). The minimum atomic E-state index is -0.388. The van der Waals surface area contributed by atoms with E-state index in [1.54, 1.807) is 6.07 Å². The van der Waals surface area contributed by atoms with E-state index in [-0.39, 0.29) is 11.9 Å². The van der Waals surface area contributed by atoms with Gasteiger partial charge >= 0.3 is 5.97 Å². The maximum atomic E-state index is 12.8. The fraction of sp³-hybridized carbons (Fsp3) is 0.217. The smallest absolute Gasteiger partial charge is 0.308 e. The number of benzene rings is 3. The van der Waals surface area contributed by atoms with E-state index in [9.17, 15) is 9.59 Å². The Bertz CT molecular complexity index is 1060. The molecular weight excluding hydrogens is 338 g/mol. The van der Waals surface area contributed by atoms with Crippen molar-refractivity contribution in [2.24, 2.45) is 0 Å². The van der Waals surface area contributed by atoms with E-state index in [1.165, 1.54) is 29.2 Å². The van der Waals surface area contributed by atoms with Crippen LogP contribution in [0.3, 0.4) is 0 Å². The molecule has 0 bridgehead atoms. The van der Waals surface area contributed by atoms with E-state index in [0.717, 1.165) is 23.6 Å². The summed E-state index contributed by atoms with van der Waals surface area (Å²) in [6.45, 7) is 3.98. The molecule has 1 amide bonds. The number of rotatable bonds is 5. The molecule has 0 radical (unpaired) electrons. The van der Waals surface area contributed by atoms with Crippen LogP contribution in [0.2, 0.25) is 0 Å². The number of ether oxygens (including phenoxy) is 1. The van der Waals surface area contributed by atoms with Crippen LogP contribution in [0.15, 0.2) is 48.5 Å². The third kappa shape index (κ3) is 3.31. The van der Waals surface area contributed by atoms with Crippen molar-refractivity contribution < 1.29 is 14.3 Å². The molecule has 0 atom stereocenters. The van der Waals surface area contributed by atoms with E-state index >= 15 is 0 Å². The molecule has 3 aromatic rings. The number of carbonyl (C=O) groups is 2. The van der Waals surface area contributed by atoms with Crippen LogP contribution in [0.4, 0.5) is 0 Å². The monoisotopic (exact) mass is 359 g/mol. The molecule has 0 aliphatic heterocycles. The SMILES string of the molecule is CC(=O)Oc1ccc2c3c(ccc(C(=O)NCCc4cccc(C)c4)c13)C2. The van der Waals surface area contributed by atoms with Crippen molar-refractivity contribution in [1.82, 2.24) is 5.32 Å². The van der Waals surface area contributed by atoms with Crippen LogP contribution in [0.25, 0.3) is 10.8 Å². The average Bonchev–Trinajstić information content (AvgIpc) is 2.60. The van der Waals surface area contributed by atoms with Gasteiger partial charge in [-0.05, 0) is 54.0 Å². The zero-order valence-electron chi connectivity index (χ0n) is 15.5. The lowest BCUT2D eigenvalue weighted by molar-refractivity contribution is -0.131. The van der Waals surface area contributed by atoms with Gasteiger partial charge in [0, 0.05) is 18.9 Å². The van der Waals surface area contributed by atoms with Crippen LogP contribution in [0.1, 0.15) is 39.5 Å². The lowest BCUT2D eigenvalue weighted by Gasteiger charge is -2.23. The Morgan fingerprint density at radius 3 is 2.56 bits per heavy atom. The van der Waals surface area contributed by atoms with Gasteiger partial charge in [-0.25, -0.2) is 0 Å². The first-order valence-corrected chi connectivity index (χ1v) is 9.12. The zero-order valence-corrected chi connectivity index (χ0v) is 15.5. The maximum absolute atomic E-state index is 12.8.